The molecule has 0 aliphatic carbocycles. The number of hydrogen-bond acceptors (Lipinski definition) is 2. The lowest BCUT2D eigenvalue weighted by molar-refractivity contribution is -0.928. The van der Waals surface area contributed by atoms with Crippen molar-refractivity contribution < 1.29 is 14.0 Å². The normalized spacial score (nSPS) is 11.5. The van der Waals surface area contributed by atoms with E-state index in [1.165, 1.54) is 75.6 Å². The molecule has 142 valence electrons. The maximum atomic E-state index is 11.3. The molecular formula is C21H42NO2+. The molecule has 0 atom stereocenters. The quantitative estimate of drug-likeness (QED) is 0.161. The Hall–Kier alpha value is -0.830. The third-order valence-electron chi connectivity index (χ3n) is 4.74. The minimum Gasteiger partial charge on any atom is -0.462 e. The zero-order chi connectivity index (χ0) is 18.3. The Balaban J connectivity index is 4.07. The van der Waals surface area contributed by atoms with E-state index < -0.39 is 0 Å². The van der Waals surface area contributed by atoms with Crippen LogP contribution in [0.1, 0.15) is 85.5 Å². The summed E-state index contributed by atoms with van der Waals surface area (Å²) in [7, 11) is 0. The van der Waals surface area contributed by atoms with E-state index in [1.54, 1.807) is 6.92 Å². The Bertz CT molecular complexity index is 333. The van der Waals surface area contributed by atoms with Gasteiger partial charge < -0.3 is 9.22 Å². The van der Waals surface area contributed by atoms with Gasteiger partial charge in [0.15, 0.2) is 0 Å². The molecule has 0 aromatic carbocycles. The van der Waals surface area contributed by atoms with Crippen molar-refractivity contribution in [3.05, 3.63) is 12.2 Å². The third-order valence-corrected chi connectivity index (χ3v) is 4.74. The highest BCUT2D eigenvalue weighted by atomic mass is 16.5. The second-order valence-electron chi connectivity index (χ2n) is 7.27. The van der Waals surface area contributed by atoms with Crippen LogP contribution in [-0.4, -0.2) is 43.2 Å². The topological polar surface area (TPSA) is 26.3 Å². The van der Waals surface area contributed by atoms with Gasteiger partial charge >= 0.3 is 5.97 Å². The van der Waals surface area contributed by atoms with Crippen molar-refractivity contribution in [3.63, 3.8) is 0 Å². The molecule has 0 aliphatic heterocycles. The van der Waals surface area contributed by atoms with Gasteiger partial charge in [0.25, 0.3) is 0 Å². The lowest BCUT2D eigenvalue weighted by Gasteiger charge is -2.39. The van der Waals surface area contributed by atoms with Crippen LogP contribution in [0.3, 0.4) is 0 Å². The highest BCUT2D eigenvalue weighted by molar-refractivity contribution is 5.86. The second-order valence-corrected chi connectivity index (χ2v) is 7.27. The van der Waals surface area contributed by atoms with E-state index >= 15 is 0 Å². The summed E-state index contributed by atoms with van der Waals surface area (Å²) < 4.78 is 6.47. The van der Waals surface area contributed by atoms with Crippen LogP contribution in [0.5, 0.6) is 0 Å². The van der Waals surface area contributed by atoms with Gasteiger partial charge in [0.05, 0.1) is 32.8 Å². The Kier molecular flexibility index (Phi) is 14.0. The predicted octanol–water partition coefficient (Wildman–Crippen LogP) is 5.49. The number of nitrogens with zero attached hydrogens (tertiary/aromatic N) is 1. The molecule has 0 rings (SSSR count). The highest BCUT2D eigenvalue weighted by Crippen LogP contribution is 2.16. The van der Waals surface area contributed by atoms with Gasteiger partial charge in [0, 0.05) is 5.57 Å². The molecule has 0 aliphatic rings. The van der Waals surface area contributed by atoms with Gasteiger partial charge in [-0.05, 0) is 58.3 Å². The minimum atomic E-state index is -0.257. The average molecular weight is 341 g/mol. The van der Waals surface area contributed by atoms with Crippen LogP contribution in [0.4, 0.5) is 0 Å². The smallest absolute Gasteiger partial charge is 0.333 e. The van der Waals surface area contributed by atoms with Crippen molar-refractivity contribution in [1.82, 2.24) is 0 Å². The average Bonchev–Trinajstić information content (AvgIpc) is 2.54. The number of unbranched alkanes of at least 4 members (excludes halogenated alkanes) is 5. The number of ether oxygens (including phenoxy) is 1. The van der Waals surface area contributed by atoms with E-state index in [2.05, 4.69) is 27.4 Å². The summed E-state index contributed by atoms with van der Waals surface area (Å²) in [6.07, 6.45) is 11.3. The fourth-order valence-corrected chi connectivity index (χ4v) is 3.51. The fourth-order valence-electron chi connectivity index (χ4n) is 3.51. The highest BCUT2D eigenvalue weighted by Gasteiger charge is 2.24. The van der Waals surface area contributed by atoms with E-state index in [1.807, 2.05) is 0 Å². The van der Waals surface area contributed by atoms with E-state index in [4.69, 9.17) is 4.74 Å². The van der Waals surface area contributed by atoms with Crippen molar-refractivity contribution >= 4 is 5.97 Å². The van der Waals surface area contributed by atoms with Gasteiger partial charge in [-0.3, -0.25) is 0 Å². The Morgan fingerprint density at radius 1 is 0.792 bits per heavy atom. The van der Waals surface area contributed by atoms with Gasteiger partial charge in [0.1, 0.15) is 0 Å². The predicted molar refractivity (Wildman–Crippen MR) is 104 cm³/mol. The van der Waals surface area contributed by atoms with Crippen LogP contribution in [0.15, 0.2) is 12.2 Å². The van der Waals surface area contributed by atoms with Gasteiger partial charge in [-0.2, -0.15) is 0 Å². The summed E-state index contributed by atoms with van der Waals surface area (Å²) in [6, 6.07) is 0. The number of carbonyl (C=O) groups is 1. The van der Waals surface area contributed by atoms with Crippen LogP contribution >= 0.6 is 0 Å². The van der Waals surface area contributed by atoms with Crippen molar-refractivity contribution in [1.29, 1.82) is 0 Å². The SMILES string of the molecule is C=C(C)C(=O)OCCCCCC[N+](CCC)(CCC)CCCCC. The lowest BCUT2D eigenvalue weighted by atomic mass is 10.1. The first kappa shape index (κ1) is 23.2. The van der Waals surface area contributed by atoms with Crippen molar-refractivity contribution in [3.8, 4) is 0 Å². The largest absolute Gasteiger partial charge is 0.462 e. The fraction of sp³-hybridized carbons (Fsp3) is 0.857. The third kappa shape index (κ3) is 10.9. The van der Waals surface area contributed by atoms with Gasteiger partial charge in [-0.25, -0.2) is 4.79 Å². The van der Waals surface area contributed by atoms with E-state index in [0.717, 1.165) is 12.8 Å². The molecule has 0 heterocycles. The molecule has 0 unspecified atom stereocenters. The summed E-state index contributed by atoms with van der Waals surface area (Å²) in [4.78, 5) is 11.3. The molecule has 0 aromatic heterocycles. The first-order chi connectivity index (χ1) is 11.5. The Morgan fingerprint density at radius 2 is 1.33 bits per heavy atom. The molecule has 0 aromatic rings. The molecule has 0 fully saturated rings. The summed E-state index contributed by atoms with van der Waals surface area (Å²) in [6.45, 7) is 18.1. The number of rotatable bonds is 16. The van der Waals surface area contributed by atoms with Crippen molar-refractivity contribution in [2.75, 3.05) is 32.8 Å². The molecule has 0 amide bonds. The van der Waals surface area contributed by atoms with Crippen LogP contribution in [0, 0.1) is 0 Å². The molecule has 0 saturated carbocycles. The van der Waals surface area contributed by atoms with Gasteiger partial charge in [-0.1, -0.05) is 33.8 Å². The standard InChI is InChI=1S/C21H42NO2/c1-6-9-12-17-22(15-7-2,16-8-3)18-13-10-11-14-19-24-21(23)20(4)5/h4,6-19H2,1-3,5H3/q+1. The molecule has 0 radical (unpaired) electrons. The molecule has 0 saturated heterocycles. The number of quaternary nitrogens is 1. The van der Waals surface area contributed by atoms with Crippen molar-refractivity contribution in [2.45, 2.75) is 85.5 Å². The number of hydrogen-bond donors (Lipinski definition) is 0. The van der Waals surface area contributed by atoms with Crippen molar-refractivity contribution in [2.24, 2.45) is 0 Å². The summed E-state index contributed by atoms with van der Waals surface area (Å²) in [5, 5.41) is 0. The molecule has 0 bridgehead atoms. The van der Waals surface area contributed by atoms with Crippen LogP contribution in [-0.2, 0) is 9.53 Å². The Morgan fingerprint density at radius 3 is 1.83 bits per heavy atom. The van der Waals surface area contributed by atoms with Gasteiger partial charge in [-0.15, -0.1) is 0 Å². The van der Waals surface area contributed by atoms with E-state index in [-0.39, 0.29) is 5.97 Å². The molecule has 0 N–H and O–H groups in total. The maximum absolute atomic E-state index is 11.3. The first-order valence-corrected chi connectivity index (χ1v) is 10.2. The zero-order valence-electron chi connectivity index (χ0n) is 16.9. The van der Waals surface area contributed by atoms with Crippen LogP contribution in [0.25, 0.3) is 0 Å². The monoisotopic (exact) mass is 340 g/mol. The van der Waals surface area contributed by atoms with Crippen LogP contribution in [0.2, 0.25) is 0 Å². The molecule has 24 heavy (non-hydrogen) atoms. The number of esters is 1. The minimum absolute atomic E-state index is 0.257. The summed E-state index contributed by atoms with van der Waals surface area (Å²) in [5.41, 5.74) is 0.489. The van der Waals surface area contributed by atoms with Gasteiger partial charge in [0.2, 0.25) is 0 Å². The number of carbonyl (C=O) groups excluding carboxylic acids is 1. The molecular weight excluding hydrogens is 298 g/mol. The second kappa shape index (κ2) is 14.5. The zero-order valence-corrected chi connectivity index (χ0v) is 16.9. The first-order valence-electron chi connectivity index (χ1n) is 10.2. The van der Waals surface area contributed by atoms with Crippen LogP contribution < -0.4 is 0 Å². The molecule has 3 heteroatoms. The molecule has 3 nitrogen and oxygen atoms in total. The maximum Gasteiger partial charge on any atom is 0.333 e. The summed E-state index contributed by atoms with van der Waals surface area (Å²) >= 11 is 0. The lowest BCUT2D eigenvalue weighted by Crippen LogP contribution is -2.50. The molecule has 0 spiro atoms. The Labute approximate surface area is 151 Å². The van der Waals surface area contributed by atoms with E-state index in [0.29, 0.717) is 12.2 Å². The summed E-state index contributed by atoms with van der Waals surface area (Å²) in [5.74, 6) is -0.257. The van der Waals surface area contributed by atoms with E-state index in [9.17, 15) is 4.79 Å².